The number of anilines is 2. The smallest absolute Gasteiger partial charge is 0.139 e. The van der Waals surface area contributed by atoms with Crippen LogP contribution in [0.25, 0.3) is 11.1 Å². The zero-order valence-electron chi connectivity index (χ0n) is 9.35. The molecule has 0 aromatic heterocycles. The van der Waals surface area contributed by atoms with Crippen molar-refractivity contribution in [3.05, 3.63) is 22.6 Å². The molecule has 0 spiro atoms. The molecule has 0 saturated carbocycles. The van der Waals surface area contributed by atoms with Gasteiger partial charge in [-0.2, -0.15) is 21.0 Å². The van der Waals surface area contributed by atoms with Gasteiger partial charge < -0.3 is 9.44 Å². The zero-order chi connectivity index (χ0) is 13.8. The third kappa shape index (κ3) is 1.91. The van der Waals surface area contributed by atoms with Gasteiger partial charge in [0.25, 0.3) is 0 Å². The lowest BCUT2D eigenvalue weighted by Crippen LogP contribution is -2.16. The molecule has 0 saturated heterocycles. The van der Waals surface area contributed by atoms with Crippen LogP contribution < -0.4 is 19.9 Å². The maximum absolute atomic E-state index is 8.91. The summed E-state index contributed by atoms with van der Waals surface area (Å²) in [5.41, 5.74) is 0.998. The Kier molecular flexibility index (Phi) is 3.26. The van der Waals surface area contributed by atoms with E-state index in [1.54, 1.807) is 12.1 Å². The van der Waals surface area contributed by atoms with Crippen molar-refractivity contribution in [2.24, 2.45) is 0 Å². The fraction of sp³-hybridized carbons (Fsp3) is 0. The molecule has 0 unspecified atom stereocenters. The molecule has 7 heteroatoms. The Morgan fingerprint density at radius 3 is 1.47 bits per heavy atom. The van der Waals surface area contributed by atoms with Gasteiger partial charge in [0.05, 0.1) is 23.5 Å². The normalized spacial score (nSPS) is 10.5. The van der Waals surface area contributed by atoms with Crippen molar-refractivity contribution in [3.63, 3.8) is 0 Å². The molecular formula is C12H4N6S. The quantitative estimate of drug-likeness (QED) is 0.654. The van der Waals surface area contributed by atoms with E-state index in [0.717, 1.165) is 12.1 Å². The van der Waals surface area contributed by atoms with Gasteiger partial charge in [0.1, 0.15) is 35.4 Å². The lowest BCUT2D eigenvalue weighted by molar-refractivity contribution is 1.47. The maximum atomic E-state index is 8.91. The van der Waals surface area contributed by atoms with E-state index in [1.165, 1.54) is 0 Å². The highest BCUT2D eigenvalue weighted by Crippen LogP contribution is 2.26. The second kappa shape index (κ2) is 5.02. The summed E-state index contributed by atoms with van der Waals surface area (Å²) in [5.74, 6) is 0. The van der Waals surface area contributed by atoms with Crippen molar-refractivity contribution >= 4 is 34.7 Å². The Hall–Kier alpha value is -3.13. The van der Waals surface area contributed by atoms with Gasteiger partial charge >= 0.3 is 0 Å². The van der Waals surface area contributed by atoms with Crippen molar-refractivity contribution in [2.75, 3.05) is 9.44 Å². The van der Waals surface area contributed by atoms with Gasteiger partial charge in [0, 0.05) is 10.4 Å². The van der Waals surface area contributed by atoms with E-state index < -0.39 is 0 Å². The van der Waals surface area contributed by atoms with Crippen LogP contribution in [-0.4, -0.2) is 0 Å². The molecule has 1 aliphatic heterocycles. The molecule has 1 heterocycles. The van der Waals surface area contributed by atoms with E-state index in [-0.39, 0.29) is 11.1 Å². The van der Waals surface area contributed by atoms with E-state index in [4.69, 9.17) is 21.0 Å². The highest BCUT2D eigenvalue weighted by atomic mass is 32.2. The lowest BCUT2D eigenvalue weighted by atomic mass is 10.1. The van der Waals surface area contributed by atoms with Gasteiger partial charge in [0.2, 0.25) is 0 Å². The number of fused-ring (bicyclic) bond motifs is 1. The van der Waals surface area contributed by atoms with Crippen LogP contribution in [0.15, 0.2) is 12.1 Å². The number of rotatable bonds is 0. The van der Waals surface area contributed by atoms with Gasteiger partial charge in [-0.3, -0.25) is 0 Å². The van der Waals surface area contributed by atoms with Crippen LogP contribution in [0.1, 0.15) is 0 Å². The minimum Gasteiger partial charge on any atom is -0.310 e. The number of hydrogen-bond donors (Lipinski definition) is 2. The highest BCUT2D eigenvalue weighted by Gasteiger charge is 2.16. The number of hydrogen-bond acceptors (Lipinski definition) is 7. The fourth-order valence-electron chi connectivity index (χ4n) is 1.65. The molecule has 1 aromatic rings. The molecular weight excluding hydrogens is 260 g/mol. The van der Waals surface area contributed by atoms with Crippen molar-refractivity contribution in [1.29, 1.82) is 21.0 Å². The van der Waals surface area contributed by atoms with Crippen LogP contribution >= 0.6 is 12.1 Å². The van der Waals surface area contributed by atoms with Crippen molar-refractivity contribution in [1.82, 2.24) is 0 Å². The first-order valence-electron chi connectivity index (χ1n) is 4.96. The van der Waals surface area contributed by atoms with Gasteiger partial charge in [-0.1, -0.05) is 0 Å². The molecule has 0 fully saturated rings. The first-order valence-corrected chi connectivity index (χ1v) is 5.78. The molecule has 0 bridgehead atoms. The van der Waals surface area contributed by atoms with Crippen molar-refractivity contribution in [3.8, 4) is 24.3 Å². The predicted molar refractivity (Wildman–Crippen MR) is 69.8 cm³/mol. The molecule has 1 aromatic carbocycles. The number of nitrogens with zero attached hydrogens (tertiary/aromatic N) is 4. The summed E-state index contributed by atoms with van der Waals surface area (Å²) >= 11 is 1.14. The van der Waals surface area contributed by atoms with Crippen LogP contribution in [0.3, 0.4) is 0 Å². The van der Waals surface area contributed by atoms with Crippen molar-refractivity contribution < 1.29 is 0 Å². The summed E-state index contributed by atoms with van der Waals surface area (Å²) < 4.78 is 5.82. The van der Waals surface area contributed by atoms with E-state index in [0.29, 0.717) is 21.8 Å². The molecule has 0 amide bonds. The minimum absolute atomic E-state index is 0.0323. The molecule has 6 nitrogen and oxygen atoms in total. The zero-order valence-corrected chi connectivity index (χ0v) is 10.2. The number of nitriles is 4. The third-order valence-corrected chi connectivity index (χ3v) is 3.11. The summed E-state index contributed by atoms with van der Waals surface area (Å²) in [7, 11) is 0. The Morgan fingerprint density at radius 2 is 1.16 bits per heavy atom. The molecule has 0 radical (unpaired) electrons. The average molecular weight is 264 g/mol. The minimum atomic E-state index is -0.0323. The third-order valence-electron chi connectivity index (χ3n) is 2.50. The SMILES string of the molecule is N#CC(C#N)=c1ccc(=C(C#N)C#N)c2c1NSN2. The van der Waals surface area contributed by atoms with Crippen LogP contribution in [0.2, 0.25) is 0 Å². The maximum Gasteiger partial charge on any atom is 0.139 e. The van der Waals surface area contributed by atoms with E-state index in [1.807, 2.05) is 24.3 Å². The summed E-state index contributed by atoms with van der Waals surface area (Å²) in [6, 6.07) is 10.4. The van der Waals surface area contributed by atoms with Crippen LogP contribution in [-0.2, 0) is 0 Å². The molecule has 2 rings (SSSR count). The first kappa shape index (κ1) is 12.3. The van der Waals surface area contributed by atoms with E-state index >= 15 is 0 Å². The Bertz CT molecular complexity index is 738. The van der Waals surface area contributed by atoms with Gasteiger partial charge in [-0.25, -0.2) is 0 Å². The Morgan fingerprint density at radius 1 is 0.789 bits per heavy atom. The van der Waals surface area contributed by atoms with Crippen LogP contribution in [0.4, 0.5) is 11.4 Å². The summed E-state index contributed by atoms with van der Waals surface area (Å²) in [6.07, 6.45) is 0. The Labute approximate surface area is 112 Å². The molecule has 19 heavy (non-hydrogen) atoms. The largest absolute Gasteiger partial charge is 0.310 e. The average Bonchev–Trinajstić information content (AvgIpc) is 2.92. The summed E-state index contributed by atoms with van der Waals surface area (Å²) in [5, 5.41) is 36.5. The van der Waals surface area contributed by atoms with Crippen molar-refractivity contribution in [2.45, 2.75) is 0 Å². The predicted octanol–water partition coefficient (Wildman–Crippen LogP) is 0.483. The summed E-state index contributed by atoms with van der Waals surface area (Å²) in [4.78, 5) is 0. The molecule has 0 aliphatic carbocycles. The van der Waals surface area contributed by atoms with Gasteiger partial charge in [0.15, 0.2) is 0 Å². The van der Waals surface area contributed by atoms with E-state index in [2.05, 4.69) is 9.44 Å². The number of benzene rings is 1. The number of nitrogens with one attached hydrogen (secondary N) is 2. The second-order valence-corrected chi connectivity index (χ2v) is 4.03. The monoisotopic (exact) mass is 264 g/mol. The van der Waals surface area contributed by atoms with Gasteiger partial charge in [-0.05, 0) is 12.1 Å². The molecule has 1 aliphatic rings. The first-order chi connectivity index (χ1) is 9.26. The second-order valence-electron chi connectivity index (χ2n) is 3.41. The fourth-order valence-corrected chi connectivity index (χ4v) is 2.33. The lowest BCUT2D eigenvalue weighted by Gasteiger charge is -2.00. The molecule has 2 N–H and O–H groups in total. The standard InChI is InChI=1S/C12H4N6S/c13-3-7(4-14)9-1-2-10(8(5-15)6-16)12-11(9)17-19-18-12/h1-2,17-18H. The van der Waals surface area contributed by atoms with Crippen LogP contribution in [0, 0.1) is 45.3 Å². The molecule has 88 valence electrons. The van der Waals surface area contributed by atoms with Crippen LogP contribution in [0.5, 0.6) is 0 Å². The van der Waals surface area contributed by atoms with E-state index in [9.17, 15) is 0 Å². The topological polar surface area (TPSA) is 119 Å². The Balaban J connectivity index is 2.99. The summed E-state index contributed by atoms with van der Waals surface area (Å²) in [6.45, 7) is 0. The van der Waals surface area contributed by atoms with Gasteiger partial charge in [-0.15, -0.1) is 0 Å². The molecule has 0 atom stereocenters. The highest BCUT2D eigenvalue weighted by molar-refractivity contribution is 8.02.